The van der Waals surface area contributed by atoms with Crippen molar-refractivity contribution in [3.8, 4) is 0 Å². The van der Waals surface area contributed by atoms with E-state index in [0.29, 0.717) is 18.4 Å². The van der Waals surface area contributed by atoms with E-state index in [4.69, 9.17) is 4.74 Å². The summed E-state index contributed by atoms with van der Waals surface area (Å²) in [6, 6.07) is 5.83. The normalized spacial score (nSPS) is 21.4. The van der Waals surface area contributed by atoms with Crippen LogP contribution in [0, 0.1) is 22.0 Å². The zero-order valence-electron chi connectivity index (χ0n) is 12.5. The molecule has 122 valence electrons. The van der Waals surface area contributed by atoms with Crippen LogP contribution in [-0.2, 0) is 14.3 Å². The molecular formula is C16H17NO6. The van der Waals surface area contributed by atoms with Gasteiger partial charge in [-0.3, -0.25) is 19.7 Å². The fraction of sp³-hybridized carbons (Fsp3) is 0.375. The number of rotatable bonds is 5. The van der Waals surface area contributed by atoms with Crippen LogP contribution in [0.4, 0.5) is 5.69 Å². The highest BCUT2D eigenvalue weighted by molar-refractivity contribution is 5.82. The van der Waals surface area contributed by atoms with Crippen molar-refractivity contribution in [2.75, 3.05) is 0 Å². The van der Waals surface area contributed by atoms with Crippen molar-refractivity contribution in [1.82, 2.24) is 0 Å². The summed E-state index contributed by atoms with van der Waals surface area (Å²) < 4.78 is 5.33. The molecule has 0 amide bonds. The number of allylic oxidation sites excluding steroid dienone is 2. The van der Waals surface area contributed by atoms with Crippen LogP contribution < -0.4 is 0 Å². The Morgan fingerprint density at radius 2 is 1.96 bits per heavy atom. The number of esters is 1. The molecule has 0 fully saturated rings. The number of nitro benzene ring substituents is 1. The molecule has 3 atom stereocenters. The number of carboxylic acid groups (broad SMARTS) is 1. The molecule has 1 aromatic carbocycles. The Morgan fingerprint density at radius 3 is 2.57 bits per heavy atom. The Balaban J connectivity index is 2.10. The molecule has 0 unspecified atom stereocenters. The van der Waals surface area contributed by atoms with Gasteiger partial charge in [0.25, 0.3) is 5.69 Å². The topological polar surface area (TPSA) is 107 Å². The quantitative estimate of drug-likeness (QED) is 0.387. The molecule has 0 aromatic heterocycles. The highest BCUT2D eigenvalue weighted by Gasteiger charge is 2.35. The van der Waals surface area contributed by atoms with E-state index < -0.39 is 34.8 Å². The average Bonchev–Trinajstić information content (AvgIpc) is 2.54. The number of ether oxygens (including phenoxy) is 1. The standard InChI is InChI=1S/C16H17NO6/c1-10(11-5-4-6-12(9-11)17(21)22)23-16(20)14-8-3-2-7-13(14)15(18)19/h2-6,9-10,13-14H,7-8H2,1H3,(H,18,19)/t10-,13+,14+/m1/s1. The lowest BCUT2D eigenvalue weighted by Gasteiger charge is -2.25. The Kier molecular flexibility index (Phi) is 5.10. The minimum absolute atomic E-state index is 0.0885. The van der Waals surface area contributed by atoms with Gasteiger partial charge in [0.2, 0.25) is 0 Å². The predicted molar refractivity (Wildman–Crippen MR) is 80.6 cm³/mol. The molecule has 1 aliphatic rings. The molecule has 0 aliphatic heterocycles. The lowest BCUT2D eigenvalue weighted by molar-refractivity contribution is -0.385. The Hall–Kier alpha value is -2.70. The maximum absolute atomic E-state index is 12.3. The summed E-state index contributed by atoms with van der Waals surface area (Å²) in [5.74, 6) is -3.16. The molecule has 7 nitrogen and oxygen atoms in total. The lowest BCUT2D eigenvalue weighted by Crippen LogP contribution is -2.32. The third kappa shape index (κ3) is 3.94. The summed E-state index contributed by atoms with van der Waals surface area (Å²) in [4.78, 5) is 33.8. The molecular weight excluding hydrogens is 302 g/mol. The van der Waals surface area contributed by atoms with Gasteiger partial charge < -0.3 is 9.84 Å². The Labute approximate surface area is 132 Å². The van der Waals surface area contributed by atoms with Crippen LogP contribution in [0.3, 0.4) is 0 Å². The van der Waals surface area contributed by atoms with E-state index in [2.05, 4.69) is 0 Å². The smallest absolute Gasteiger partial charge is 0.310 e. The first kappa shape index (κ1) is 16.7. The monoisotopic (exact) mass is 319 g/mol. The van der Waals surface area contributed by atoms with Crippen LogP contribution in [0.15, 0.2) is 36.4 Å². The molecule has 0 spiro atoms. The molecule has 23 heavy (non-hydrogen) atoms. The zero-order valence-corrected chi connectivity index (χ0v) is 12.5. The number of benzene rings is 1. The van der Waals surface area contributed by atoms with Gasteiger partial charge in [0.05, 0.1) is 16.8 Å². The fourth-order valence-electron chi connectivity index (χ4n) is 2.57. The summed E-state index contributed by atoms with van der Waals surface area (Å²) in [6.45, 7) is 1.60. The van der Waals surface area contributed by atoms with Crippen molar-refractivity contribution < 1.29 is 24.4 Å². The second kappa shape index (κ2) is 7.04. The summed E-state index contributed by atoms with van der Waals surface area (Å²) >= 11 is 0. The first-order chi connectivity index (χ1) is 10.9. The summed E-state index contributed by atoms with van der Waals surface area (Å²) in [7, 11) is 0. The number of nitro groups is 1. The van der Waals surface area contributed by atoms with Gasteiger partial charge in [-0.2, -0.15) is 0 Å². The number of hydrogen-bond acceptors (Lipinski definition) is 5. The first-order valence-electron chi connectivity index (χ1n) is 7.22. The zero-order chi connectivity index (χ0) is 17.0. The fourth-order valence-corrected chi connectivity index (χ4v) is 2.57. The van der Waals surface area contributed by atoms with E-state index in [1.54, 1.807) is 25.1 Å². The van der Waals surface area contributed by atoms with Crippen LogP contribution in [0.5, 0.6) is 0 Å². The van der Waals surface area contributed by atoms with Crippen LogP contribution in [0.2, 0.25) is 0 Å². The van der Waals surface area contributed by atoms with E-state index in [1.807, 2.05) is 0 Å². The van der Waals surface area contributed by atoms with E-state index in [1.165, 1.54) is 18.2 Å². The third-order valence-electron chi connectivity index (χ3n) is 3.90. The van der Waals surface area contributed by atoms with Crippen LogP contribution in [0.25, 0.3) is 0 Å². The molecule has 0 saturated carbocycles. The van der Waals surface area contributed by atoms with Crippen LogP contribution >= 0.6 is 0 Å². The molecule has 7 heteroatoms. The van der Waals surface area contributed by atoms with Gasteiger partial charge in [-0.25, -0.2) is 0 Å². The van der Waals surface area contributed by atoms with E-state index in [-0.39, 0.29) is 5.69 Å². The van der Waals surface area contributed by atoms with Crippen molar-refractivity contribution >= 4 is 17.6 Å². The van der Waals surface area contributed by atoms with Gasteiger partial charge in [0.15, 0.2) is 0 Å². The van der Waals surface area contributed by atoms with Gasteiger partial charge in [-0.05, 0) is 25.3 Å². The summed E-state index contributed by atoms with van der Waals surface area (Å²) in [5.41, 5.74) is 0.403. The largest absolute Gasteiger partial charge is 0.481 e. The lowest BCUT2D eigenvalue weighted by atomic mass is 9.83. The van der Waals surface area contributed by atoms with Gasteiger partial charge in [-0.1, -0.05) is 24.3 Å². The van der Waals surface area contributed by atoms with E-state index in [9.17, 15) is 24.8 Å². The number of aliphatic carboxylic acids is 1. The average molecular weight is 319 g/mol. The Bertz CT molecular complexity index is 654. The molecule has 1 N–H and O–H groups in total. The molecule has 1 aromatic rings. The highest BCUT2D eigenvalue weighted by atomic mass is 16.6. The van der Waals surface area contributed by atoms with Crippen LogP contribution in [-0.4, -0.2) is 22.0 Å². The molecule has 0 radical (unpaired) electrons. The molecule has 1 aliphatic carbocycles. The predicted octanol–water partition coefficient (Wildman–Crippen LogP) is 2.87. The SMILES string of the molecule is C[C@@H](OC(=O)[C@H]1CC=CC[C@@H]1C(=O)O)c1cccc([N+](=O)[O-])c1. The number of nitrogens with zero attached hydrogens (tertiary/aromatic N) is 1. The molecule has 0 bridgehead atoms. The second-order valence-corrected chi connectivity index (χ2v) is 5.43. The Morgan fingerprint density at radius 1 is 1.30 bits per heavy atom. The van der Waals surface area contributed by atoms with Gasteiger partial charge in [0.1, 0.15) is 6.10 Å². The third-order valence-corrected chi connectivity index (χ3v) is 3.90. The second-order valence-electron chi connectivity index (χ2n) is 5.43. The van der Waals surface area contributed by atoms with Gasteiger partial charge in [-0.15, -0.1) is 0 Å². The molecule has 2 rings (SSSR count). The van der Waals surface area contributed by atoms with Crippen molar-refractivity contribution in [3.63, 3.8) is 0 Å². The summed E-state index contributed by atoms with van der Waals surface area (Å²) in [5, 5.41) is 20.0. The van der Waals surface area contributed by atoms with Crippen molar-refractivity contribution in [2.24, 2.45) is 11.8 Å². The summed E-state index contributed by atoms with van der Waals surface area (Å²) in [6.07, 6.45) is 3.43. The minimum atomic E-state index is -1.03. The number of non-ortho nitro benzene ring substituents is 1. The van der Waals surface area contributed by atoms with Gasteiger partial charge >= 0.3 is 11.9 Å². The van der Waals surface area contributed by atoms with Gasteiger partial charge in [0, 0.05) is 12.1 Å². The molecule has 0 heterocycles. The van der Waals surface area contributed by atoms with E-state index >= 15 is 0 Å². The van der Waals surface area contributed by atoms with Crippen molar-refractivity contribution in [1.29, 1.82) is 0 Å². The minimum Gasteiger partial charge on any atom is -0.481 e. The number of carboxylic acids is 1. The number of carbonyl (C=O) groups is 2. The van der Waals surface area contributed by atoms with Crippen molar-refractivity contribution in [3.05, 3.63) is 52.1 Å². The number of hydrogen-bond donors (Lipinski definition) is 1. The number of carbonyl (C=O) groups excluding carboxylic acids is 1. The van der Waals surface area contributed by atoms with E-state index in [0.717, 1.165) is 0 Å². The highest BCUT2D eigenvalue weighted by Crippen LogP contribution is 2.30. The maximum atomic E-state index is 12.3. The van der Waals surface area contributed by atoms with Crippen LogP contribution in [0.1, 0.15) is 31.4 Å². The van der Waals surface area contributed by atoms with Crippen molar-refractivity contribution in [2.45, 2.75) is 25.9 Å². The first-order valence-corrected chi connectivity index (χ1v) is 7.22. The molecule has 0 saturated heterocycles. The maximum Gasteiger partial charge on any atom is 0.310 e.